The fourth-order valence-corrected chi connectivity index (χ4v) is 3.54. The lowest BCUT2D eigenvalue weighted by atomic mass is 10.1. The highest BCUT2D eigenvalue weighted by molar-refractivity contribution is 5.96. The molecule has 2 unspecified atom stereocenters. The van der Waals surface area contributed by atoms with Crippen LogP contribution in [-0.4, -0.2) is 58.9 Å². The highest BCUT2D eigenvalue weighted by Crippen LogP contribution is 2.24. The summed E-state index contributed by atoms with van der Waals surface area (Å²) >= 11 is 0. The molecule has 3 aromatic rings. The van der Waals surface area contributed by atoms with Crippen molar-refractivity contribution >= 4 is 5.91 Å². The summed E-state index contributed by atoms with van der Waals surface area (Å²) in [5, 5.41) is 11.6. The number of aromatic nitrogens is 4. The van der Waals surface area contributed by atoms with Crippen molar-refractivity contribution in [2.24, 2.45) is 7.05 Å². The third kappa shape index (κ3) is 4.15. The summed E-state index contributed by atoms with van der Waals surface area (Å²) < 4.78 is 18.9. The first-order valence-corrected chi connectivity index (χ1v) is 9.70. The number of benzene rings is 1. The first-order valence-electron chi connectivity index (χ1n) is 9.70. The summed E-state index contributed by atoms with van der Waals surface area (Å²) in [6.07, 6.45) is 1.58. The first-order chi connectivity index (χ1) is 15.0. The Morgan fingerprint density at radius 2 is 2.00 bits per heavy atom. The molecule has 4 rings (SSSR count). The molecule has 0 bridgehead atoms. The van der Waals surface area contributed by atoms with Crippen LogP contribution in [0.25, 0.3) is 11.3 Å². The van der Waals surface area contributed by atoms with Crippen LogP contribution in [0.1, 0.15) is 16.4 Å². The third-order valence-corrected chi connectivity index (χ3v) is 5.10. The van der Waals surface area contributed by atoms with Crippen LogP contribution < -0.4 is 20.3 Å². The second-order valence-electron chi connectivity index (χ2n) is 7.14. The van der Waals surface area contributed by atoms with E-state index in [0.717, 1.165) is 5.56 Å². The molecule has 10 heteroatoms. The van der Waals surface area contributed by atoms with Crippen LogP contribution in [0, 0.1) is 0 Å². The average molecular weight is 425 g/mol. The van der Waals surface area contributed by atoms with Gasteiger partial charge in [0, 0.05) is 24.9 Å². The summed E-state index contributed by atoms with van der Waals surface area (Å²) in [5.41, 5.74) is 1.46. The van der Waals surface area contributed by atoms with Crippen molar-refractivity contribution in [1.29, 1.82) is 0 Å². The van der Waals surface area contributed by atoms with Crippen molar-refractivity contribution < 1.29 is 19.0 Å². The number of aryl methyl sites for hydroxylation is 1. The molecule has 1 aliphatic rings. The Kier molecular flexibility index (Phi) is 5.72. The van der Waals surface area contributed by atoms with E-state index in [1.54, 1.807) is 26.4 Å². The topological polar surface area (TPSA) is 110 Å². The number of methoxy groups -OCH3 is 2. The molecule has 1 amide bonds. The van der Waals surface area contributed by atoms with Crippen LogP contribution in [-0.2, 0) is 11.8 Å². The molecule has 2 atom stereocenters. The number of amides is 1. The van der Waals surface area contributed by atoms with E-state index in [1.807, 2.05) is 24.3 Å². The second kappa shape index (κ2) is 8.60. The van der Waals surface area contributed by atoms with Gasteiger partial charge in [-0.05, 0) is 18.2 Å². The van der Waals surface area contributed by atoms with Crippen molar-refractivity contribution in [3.8, 4) is 22.9 Å². The molecule has 1 aromatic carbocycles. The highest BCUT2D eigenvalue weighted by atomic mass is 16.5. The molecule has 0 aliphatic carbocycles. The number of nitrogens with zero attached hydrogens (tertiary/aromatic N) is 4. The van der Waals surface area contributed by atoms with Gasteiger partial charge in [0.2, 0.25) is 5.88 Å². The van der Waals surface area contributed by atoms with Crippen LogP contribution in [0.3, 0.4) is 0 Å². The first kappa shape index (κ1) is 20.6. The van der Waals surface area contributed by atoms with Crippen LogP contribution >= 0.6 is 0 Å². The molecule has 3 heterocycles. The standard InChI is InChI=1S/C21H23N5O5/c1-25-10-15(21(24-25)30-3)20(28)22-17-11-31-12-18(17)26-19(27)8-7-16(23-26)13-5-4-6-14(9-13)29-2/h4-10,17-18H,11-12H2,1-3H3,(H,22,28). The van der Waals surface area contributed by atoms with E-state index in [2.05, 4.69) is 15.5 Å². The average Bonchev–Trinajstić information content (AvgIpc) is 3.40. The van der Waals surface area contributed by atoms with E-state index in [0.29, 0.717) is 17.0 Å². The Bertz CT molecular complexity index is 1160. The maximum atomic E-state index is 12.8. The number of nitrogens with one attached hydrogen (secondary N) is 1. The van der Waals surface area contributed by atoms with Crippen molar-refractivity contribution in [1.82, 2.24) is 24.9 Å². The van der Waals surface area contributed by atoms with Gasteiger partial charge in [0.25, 0.3) is 11.5 Å². The third-order valence-electron chi connectivity index (χ3n) is 5.10. The zero-order valence-corrected chi connectivity index (χ0v) is 17.4. The molecule has 0 radical (unpaired) electrons. The Morgan fingerprint density at radius 1 is 1.16 bits per heavy atom. The molecule has 162 valence electrons. The second-order valence-corrected chi connectivity index (χ2v) is 7.14. The number of carbonyl (C=O) groups is 1. The van der Waals surface area contributed by atoms with Crippen molar-refractivity contribution in [2.75, 3.05) is 27.4 Å². The predicted octanol–water partition coefficient (Wildman–Crippen LogP) is 1.03. The molecule has 1 saturated heterocycles. The fraction of sp³-hybridized carbons (Fsp3) is 0.333. The van der Waals surface area contributed by atoms with Crippen LogP contribution in [0.15, 0.2) is 47.4 Å². The Balaban J connectivity index is 1.61. The van der Waals surface area contributed by atoms with Gasteiger partial charge in [0.05, 0.1) is 39.2 Å². The van der Waals surface area contributed by atoms with Crippen LogP contribution in [0.2, 0.25) is 0 Å². The zero-order valence-electron chi connectivity index (χ0n) is 17.4. The highest BCUT2D eigenvalue weighted by Gasteiger charge is 2.34. The summed E-state index contributed by atoms with van der Waals surface area (Å²) in [6.45, 7) is 0.514. The molecule has 0 saturated carbocycles. The normalized spacial score (nSPS) is 18.0. The Labute approximate surface area is 178 Å². The minimum absolute atomic E-state index is 0.228. The summed E-state index contributed by atoms with van der Waals surface area (Å²) in [6, 6.07) is 9.65. The van der Waals surface area contributed by atoms with E-state index in [9.17, 15) is 9.59 Å². The minimum atomic E-state index is -0.454. The number of ether oxygens (including phenoxy) is 3. The maximum absolute atomic E-state index is 12.8. The van der Waals surface area contributed by atoms with E-state index < -0.39 is 12.1 Å². The predicted molar refractivity (Wildman–Crippen MR) is 111 cm³/mol. The van der Waals surface area contributed by atoms with Gasteiger partial charge in [0.15, 0.2) is 0 Å². The molecule has 1 N–H and O–H groups in total. The molecule has 10 nitrogen and oxygen atoms in total. The monoisotopic (exact) mass is 425 g/mol. The number of rotatable bonds is 6. The van der Waals surface area contributed by atoms with Gasteiger partial charge in [-0.15, -0.1) is 5.10 Å². The largest absolute Gasteiger partial charge is 0.497 e. The maximum Gasteiger partial charge on any atom is 0.267 e. The minimum Gasteiger partial charge on any atom is -0.497 e. The lowest BCUT2D eigenvalue weighted by molar-refractivity contribution is 0.0921. The van der Waals surface area contributed by atoms with E-state index in [1.165, 1.54) is 22.5 Å². The van der Waals surface area contributed by atoms with Crippen molar-refractivity contribution in [3.05, 3.63) is 58.5 Å². The summed E-state index contributed by atoms with van der Waals surface area (Å²) in [5.74, 6) is 0.560. The van der Waals surface area contributed by atoms with Crippen LogP contribution in [0.4, 0.5) is 0 Å². The smallest absolute Gasteiger partial charge is 0.267 e. The zero-order chi connectivity index (χ0) is 22.0. The van der Waals surface area contributed by atoms with E-state index >= 15 is 0 Å². The van der Waals surface area contributed by atoms with E-state index in [4.69, 9.17) is 14.2 Å². The van der Waals surface area contributed by atoms with Crippen molar-refractivity contribution in [2.45, 2.75) is 12.1 Å². The van der Waals surface area contributed by atoms with Gasteiger partial charge in [0.1, 0.15) is 17.4 Å². The van der Waals surface area contributed by atoms with Crippen LogP contribution in [0.5, 0.6) is 11.6 Å². The van der Waals surface area contributed by atoms with Gasteiger partial charge in [-0.3, -0.25) is 14.3 Å². The summed E-state index contributed by atoms with van der Waals surface area (Å²) in [7, 11) is 4.75. The molecule has 1 fully saturated rings. The number of carbonyl (C=O) groups excluding carboxylic acids is 1. The van der Waals surface area contributed by atoms with Crippen molar-refractivity contribution in [3.63, 3.8) is 0 Å². The lowest BCUT2D eigenvalue weighted by Gasteiger charge is -2.20. The molecule has 0 spiro atoms. The molecule has 1 aliphatic heterocycles. The van der Waals surface area contributed by atoms with Gasteiger partial charge in [-0.25, -0.2) is 4.68 Å². The molecular weight excluding hydrogens is 402 g/mol. The SMILES string of the molecule is COc1cccc(-c2ccc(=O)n(C3COCC3NC(=O)c3cn(C)nc3OC)n2)c1. The van der Waals surface area contributed by atoms with Gasteiger partial charge in [-0.2, -0.15) is 5.10 Å². The van der Waals surface area contributed by atoms with Gasteiger partial charge < -0.3 is 19.5 Å². The van der Waals surface area contributed by atoms with E-state index in [-0.39, 0.29) is 30.6 Å². The molecule has 31 heavy (non-hydrogen) atoms. The quantitative estimate of drug-likeness (QED) is 0.628. The Hall–Kier alpha value is -3.66. The lowest BCUT2D eigenvalue weighted by Crippen LogP contribution is -2.44. The number of hydrogen-bond acceptors (Lipinski definition) is 7. The summed E-state index contributed by atoms with van der Waals surface area (Å²) in [4.78, 5) is 25.4. The molecule has 2 aromatic heterocycles. The van der Waals surface area contributed by atoms with Gasteiger partial charge in [-0.1, -0.05) is 12.1 Å². The number of hydrogen-bond donors (Lipinski definition) is 1. The van der Waals surface area contributed by atoms with Gasteiger partial charge >= 0.3 is 0 Å². The molecular formula is C21H23N5O5. The Morgan fingerprint density at radius 3 is 2.77 bits per heavy atom. The fourth-order valence-electron chi connectivity index (χ4n) is 3.54.